The Morgan fingerprint density at radius 2 is 2.36 bits per heavy atom. The third-order valence-corrected chi connectivity index (χ3v) is 2.88. The Labute approximate surface area is 94.5 Å². The highest BCUT2D eigenvalue weighted by molar-refractivity contribution is 9.10. The van der Waals surface area contributed by atoms with Gasteiger partial charge in [0.05, 0.1) is 12.1 Å². The molecule has 0 spiro atoms. The maximum absolute atomic E-state index is 8.85. The Hall–Kier alpha value is -0.580. The third kappa shape index (κ3) is 1.54. The average molecular weight is 276 g/mol. The van der Waals surface area contributed by atoms with Gasteiger partial charge in [0, 0.05) is 17.1 Å². The van der Waals surface area contributed by atoms with Gasteiger partial charge in [-0.3, -0.25) is 0 Å². The zero-order chi connectivity index (χ0) is 10.1. The van der Waals surface area contributed by atoms with Gasteiger partial charge in [0.2, 0.25) is 0 Å². The summed E-state index contributed by atoms with van der Waals surface area (Å²) in [6, 6.07) is 3.81. The van der Waals surface area contributed by atoms with E-state index in [9.17, 15) is 0 Å². The van der Waals surface area contributed by atoms with E-state index >= 15 is 0 Å². The van der Waals surface area contributed by atoms with E-state index in [0.717, 1.165) is 15.8 Å². The molecule has 0 aromatic carbocycles. The van der Waals surface area contributed by atoms with E-state index < -0.39 is 0 Å². The van der Waals surface area contributed by atoms with Crippen molar-refractivity contribution in [1.29, 1.82) is 0 Å². The predicted octanol–water partition coefficient (Wildman–Crippen LogP) is 2.29. The van der Waals surface area contributed by atoms with Crippen LogP contribution >= 0.6 is 27.5 Å². The smallest absolute Gasteiger partial charge is 0.156 e. The summed E-state index contributed by atoms with van der Waals surface area (Å²) >= 11 is 9.38. The molecule has 0 aliphatic carbocycles. The van der Waals surface area contributed by atoms with E-state index in [1.165, 1.54) is 0 Å². The van der Waals surface area contributed by atoms with Crippen LogP contribution < -0.4 is 0 Å². The number of aliphatic hydroxyl groups excluding tert-OH is 1. The molecule has 0 radical (unpaired) electrons. The summed E-state index contributed by atoms with van der Waals surface area (Å²) in [6.45, 7) is 0.0714. The summed E-state index contributed by atoms with van der Waals surface area (Å²) in [5.74, 6) is 0.772. The Morgan fingerprint density at radius 1 is 1.57 bits per heavy atom. The molecule has 2 aromatic rings. The molecule has 0 saturated heterocycles. The van der Waals surface area contributed by atoms with Gasteiger partial charge < -0.3 is 9.51 Å². The highest BCUT2D eigenvalue weighted by atomic mass is 79.9. The highest BCUT2D eigenvalue weighted by Crippen LogP contribution is 2.26. The topological polar surface area (TPSA) is 37.5 Å². The minimum Gasteiger partial charge on any atom is -0.396 e. The molecule has 0 fully saturated rings. The van der Waals surface area contributed by atoms with Gasteiger partial charge in [-0.2, -0.15) is 0 Å². The van der Waals surface area contributed by atoms with Crippen LogP contribution in [-0.2, 0) is 6.42 Å². The molecular weight excluding hydrogens is 267 g/mol. The van der Waals surface area contributed by atoms with Crippen LogP contribution in [0.25, 0.3) is 5.52 Å². The highest BCUT2D eigenvalue weighted by Gasteiger charge is 2.10. The summed E-state index contributed by atoms with van der Waals surface area (Å²) in [4.78, 5) is 4.18. The van der Waals surface area contributed by atoms with Crippen LogP contribution in [-0.4, -0.2) is 21.1 Å². The van der Waals surface area contributed by atoms with Gasteiger partial charge in [0.15, 0.2) is 5.15 Å². The van der Waals surface area contributed by atoms with Crippen molar-refractivity contribution in [1.82, 2.24) is 9.38 Å². The van der Waals surface area contributed by atoms with Gasteiger partial charge in [-0.25, -0.2) is 4.98 Å². The Kier molecular flexibility index (Phi) is 2.76. The minimum atomic E-state index is 0.0714. The molecule has 2 heterocycles. The first kappa shape index (κ1) is 9.96. The molecule has 74 valence electrons. The molecule has 0 amide bonds. The number of nitrogens with zero attached hydrogens (tertiary/aromatic N) is 2. The normalized spacial score (nSPS) is 11.1. The third-order valence-electron chi connectivity index (χ3n) is 1.98. The van der Waals surface area contributed by atoms with Crippen molar-refractivity contribution < 1.29 is 5.11 Å². The van der Waals surface area contributed by atoms with Crippen LogP contribution in [0.3, 0.4) is 0 Å². The molecule has 0 saturated carbocycles. The lowest BCUT2D eigenvalue weighted by Gasteiger charge is -1.99. The number of hydrogen-bond donors (Lipinski definition) is 1. The van der Waals surface area contributed by atoms with Gasteiger partial charge >= 0.3 is 0 Å². The number of aromatic nitrogens is 2. The second-order valence-corrected chi connectivity index (χ2v) is 4.08. The van der Waals surface area contributed by atoms with Crippen LogP contribution in [0.5, 0.6) is 0 Å². The second-order valence-electron chi connectivity index (χ2n) is 2.87. The summed E-state index contributed by atoms with van der Waals surface area (Å²) in [6.07, 6.45) is 2.38. The molecule has 5 heteroatoms. The molecule has 1 N–H and O–H groups in total. The SMILES string of the molecule is OCCc1nc(Cl)c2c(Br)cccn12. The van der Waals surface area contributed by atoms with Crippen LogP contribution in [0.15, 0.2) is 22.8 Å². The maximum Gasteiger partial charge on any atom is 0.156 e. The Balaban J connectivity index is 2.71. The van der Waals surface area contributed by atoms with E-state index in [-0.39, 0.29) is 6.61 Å². The number of pyridine rings is 1. The molecule has 3 nitrogen and oxygen atoms in total. The number of aliphatic hydroxyl groups is 1. The largest absolute Gasteiger partial charge is 0.396 e. The van der Waals surface area contributed by atoms with Crippen molar-refractivity contribution in [2.45, 2.75) is 6.42 Å². The standard InChI is InChI=1S/C9H8BrClN2O/c10-6-2-1-4-13-7(3-5-14)12-9(11)8(6)13/h1-2,4,14H,3,5H2. The molecule has 0 unspecified atom stereocenters. The number of fused-ring (bicyclic) bond motifs is 1. The molecular formula is C9H8BrClN2O. The van der Waals surface area contributed by atoms with E-state index in [1.54, 1.807) is 0 Å². The van der Waals surface area contributed by atoms with E-state index in [1.807, 2.05) is 22.7 Å². The molecule has 0 aliphatic rings. The van der Waals surface area contributed by atoms with Crippen molar-refractivity contribution in [3.63, 3.8) is 0 Å². The van der Waals surface area contributed by atoms with Crippen LogP contribution in [0, 0.1) is 0 Å². The van der Waals surface area contributed by atoms with Crippen molar-refractivity contribution in [3.05, 3.63) is 33.8 Å². The predicted molar refractivity (Wildman–Crippen MR) is 58.7 cm³/mol. The summed E-state index contributed by atoms with van der Waals surface area (Å²) in [7, 11) is 0. The fourth-order valence-electron chi connectivity index (χ4n) is 1.39. The Bertz CT molecular complexity index is 469. The van der Waals surface area contributed by atoms with Crippen molar-refractivity contribution in [2.75, 3.05) is 6.61 Å². The summed E-state index contributed by atoms with van der Waals surface area (Å²) in [5, 5.41) is 9.31. The second kappa shape index (κ2) is 3.88. The van der Waals surface area contributed by atoms with Gasteiger partial charge in [-0.05, 0) is 28.1 Å². The van der Waals surface area contributed by atoms with Crippen molar-refractivity contribution >= 4 is 33.0 Å². The van der Waals surface area contributed by atoms with Gasteiger partial charge in [0.25, 0.3) is 0 Å². The zero-order valence-electron chi connectivity index (χ0n) is 7.24. The summed E-state index contributed by atoms with van der Waals surface area (Å²) < 4.78 is 2.78. The number of hydrogen-bond acceptors (Lipinski definition) is 2. The lowest BCUT2D eigenvalue weighted by atomic mass is 10.4. The fraction of sp³-hybridized carbons (Fsp3) is 0.222. The number of imidazole rings is 1. The minimum absolute atomic E-state index is 0.0714. The number of rotatable bonds is 2. The molecule has 14 heavy (non-hydrogen) atoms. The lowest BCUT2D eigenvalue weighted by molar-refractivity contribution is 0.296. The Morgan fingerprint density at radius 3 is 3.07 bits per heavy atom. The number of halogens is 2. The van der Waals surface area contributed by atoms with Crippen molar-refractivity contribution in [2.24, 2.45) is 0 Å². The van der Waals surface area contributed by atoms with E-state index in [2.05, 4.69) is 20.9 Å². The maximum atomic E-state index is 8.85. The van der Waals surface area contributed by atoms with Gasteiger partial charge in [-0.15, -0.1) is 0 Å². The van der Waals surface area contributed by atoms with Crippen LogP contribution in [0.4, 0.5) is 0 Å². The monoisotopic (exact) mass is 274 g/mol. The zero-order valence-corrected chi connectivity index (χ0v) is 9.59. The molecule has 2 rings (SSSR count). The first-order chi connectivity index (χ1) is 6.74. The van der Waals surface area contributed by atoms with Crippen LogP contribution in [0.1, 0.15) is 5.82 Å². The van der Waals surface area contributed by atoms with Crippen LogP contribution in [0.2, 0.25) is 5.15 Å². The molecule has 0 atom stereocenters. The summed E-state index contributed by atoms with van der Waals surface area (Å²) in [5.41, 5.74) is 0.845. The fourth-order valence-corrected chi connectivity index (χ4v) is 2.33. The lowest BCUT2D eigenvalue weighted by Crippen LogP contribution is -1.97. The van der Waals surface area contributed by atoms with Gasteiger partial charge in [-0.1, -0.05) is 11.6 Å². The molecule has 0 aliphatic heterocycles. The average Bonchev–Trinajstić information content (AvgIpc) is 2.46. The quantitative estimate of drug-likeness (QED) is 0.913. The first-order valence-electron chi connectivity index (χ1n) is 4.16. The van der Waals surface area contributed by atoms with Crippen molar-refractivity contribution in [3.8, 4) is 0 Å². The molecule has 2 aromatic heterocycles. The van der Waals surface area contributed by atoms with E-state index in [0.29, 0.717) is 11.6 Å². The van der Waals surface area contributed by atoms with Gasteiger partial charge in [0.1, 0.15) is 5.82 Å². The first-order valence-corrected chi connectivity index (χ1v) is 5.33. The van der Waals surface area contributed by atoms with E-state index in [4.69, 9.17) is 16.7 Å². The molecule has 0 bridgehead atoms.